The SMILES string of the molecule is CC(CCNC(=O)NC(CCC(=O)O)C(=O)O)C(F)C(=O)O. The topological polar surface area (TPSA) is 153 Å². The molecule has 3 unspecified atom stereocenters. The highest BCUT2D eigenvalue weighted by Crippen LogP contribution is 2.11. The first kappa shape index (κ1) is 19.6. The Kier molecular flexibility index (Phi) is 8.49. The maximum Gasteiger partial charge on any atom is 0.338 e. The van der Waals surface area contributed by atoms with Gasteiger partial charge in [0.05, 0.1) is 0 Å². The van der Waals surface area contributed by atoms with Crippen molar-refractivity contribution in [1.29, 1.82) is 0 Å². The predicted octanol–water partition coefficient (Wildman–Crippen LogP) is 0.0525. The molecule has 0 bridgehead atoms. The van der Waals surface area contributed by atoms with Crippen LogP contribution in [0.5, 0.6) is 0 Å². The zero-order chi connectivity index (χ0) is 17.3. The first-order valence-corrected chi connectivity index (χ1v) is 6.51. The highest BCUT2D eigenvalue weighted by Gasteiger charge is 2.24. The zero-order valence-electron chi connectivity index (χ0n) is 11.9. The van der Waals surface area contributed by atoms with Crippen LogP contribution >= 0.6 is 0 Å². The van der Waals surface area contributed by atoms with Crippen molar-refractivity contribution in [3.63, 3.8) is 0 Å². The summed E-state index contributed by atoms with van der Waals surface area (Å²) in [7, 11) is 0. The van der Waals surface area contributed by atoms with Gasteiger partial charge in [0.15, 0.2) is 6.17 Å². The molecule has 22 heavy (non-hydrogen) atoms. The number of amides is 2. The molecule has 0 spiro atoms. The number of urea groups is 1. The van der Waals surface area contributed by atoms with Crippen molar-refractivity contribution in [3.05, 3.63) is 0 Å². The summed E-state index contributed by atoms with van der Waals surface area (Å²) in [6.45, 7) is 1.32. The molecule has 0 aromatic heterocycles. The van der Waals surface area contributed by atoms with Gasteiger partial charge in [-0.25, -0.2) is 18.8 Å². The number of hydrogen-bond donors (Lipinski definition) is 5. The Balaban J connectivity index is 4.17. The van der Waals surface area contributed by atoms with Crippen molar-refractivity contribution in [2.24, 2.45) is 5.92 Å². The monoisotopic (exact) mass is 322 g/mol. The number of alkyl halides is 1. The average molecular weight is 322 g/mol. The lowest BCUT2D eigenvalue weighted by atomic mass is 10.0. The van der Waals surface area contributed by atoms with Gasteiger partial charge in [-0.2, -0.15) is 0 Å². The Morgan fingerprint density at radius 3 is 2.09 bits per heavy atom. The van der Waals surface area contributed by atoms with E-state index >= 15 is 0 Å². The van der Waals surface area contributed by atoms with Gasteiger partial charge in [0.2, 0.25) is 0 Å². The van der Waals surface area contributed by atoms with Gasteiger partial charge < -0.3 is 26.0 Å². The predicted molar refractivity (Wildman–Crippen MR) is 71.1 cm³/mol. The Labute approximate surface area is 125 Å². The van der Waals surface area contributed by atoms with E-state index in [1.54, 1.807) is 0 Å². The maximum atomic E-state index is 13.1. The van der Waals surface area contributed by atoms with Crippen LogP contribution in [-0.2, 0) is 14.4 Å². The van der Waals surface area contributed by atoms with Crippen LogP contribution in [-0.4, -0.2) is 58.0 Å². The van der Waals surface area contributed by atoms with Crippen molar-refractivity contribution in [1.82, 2.24) is 10.6 Å². The largest absolute Gasteiger partial charge is 0.481 e. The van der Waals surface area contributed by atoms with Crippen LogP contribution in [0.2, 0.25) is 0 Å². The Morgan fingerprint density at radius 1 is 1.05 bits per heavy atom. The molecule has 5 N–H and O–H groups in total. The molecule has 0 aromatic rings. The minimum atomic E-state index is -2.05. The number of hydrogen-bond acceptors (Lipinski definition) is 4. The molecule has 10 heteroatoms. The van der Waals surface area contributed by atoms with Gasteiger partial charge in [0.25, 0.3) is 0 Å². The number of aliphatic carboxylic acids is 3. The van der Waals surface area contributed by atoms with Crippen LogP contribution in [0.4, 0.5) is 9.18 Å². The van der Waals surface area contributed by atoms with E-state index in [9.17, 15) is 23.6 Å². The molecule has 0 heterocycles. The molecule has 0 aliphatic rings. The number of carboxylic acids is 3. The molecule has 0 rings (SSSR count). The number of carboxylic acid groups (broad SMARTS) is 3. The standard InChI is InChI=1S/C12H19FN2O7/c1-6(9(13)11(20)21)4-5-14-12(22)15-7(10(18)19)2-3-8(16)17/h6-7,9H,2-5H2,1H3,(H,16,17)(H,18,19)(H,20,21)(H2,14,15,22). The van der Waals surface area contributed by atoms with Gasteiger partial charge in [-0.15, -0.1) is 0 Å². The van der Waals surface area contributed by atoms with E-state index in [1.165, 1.54) is 6.92 Å². The lowest BCUT2D eigenvalue weighted by molar-refractivity contribution is -0.145. The first-order valence-electron chi connectivity index (χ1n) is 6.51. The quantitative estimate of drug-likeness (QED) is 0.381. The lowest BCUT2D eigenvalue weighted by Gasteiger charge is -2.16. The molecular formula is C12H19FN2O7. The maximum absolute atomic E-state index is 13.1. The van der Waals surface area contributed by atoms with Gasteiger partial charge >= 0.3 is 23.9 Å². The van der Waals surface area contributed by atoms with E-state index in [0.29, 0.717) is 0 Å². The number of carbonyl (C=O) groups is 4. The number of rotatable bonds is 10. The molecule has 0 saturated carbocycles. The van der Waals surface area contributed by atoms with E-state index in [0.717, 1.165) is 0 Å². The van der Waals surface area contributed by atoms with Crippen LogP contribution in [0, 0.1) is 5.92 Å². The molecule has 0 fully saturated rings. The third-order valence-corrected chi connectivity index (χ3v) is 2.87. The Hall–Kier alpha value is -2.39. The van der Waals surface area contributed by atoms with Crippen molar-refractivity contribution in [3.8, 4) is 0 Å². The van der Waals surface area contributed by atoms with Crippen molar-refractivity contribution in [2.45, 2.75) is 38.4 Å². The van der Waals surface area contributed by atoms with Gasteiger partial charge in [0.1, 0.15) is 6.04 Å². The molecular weight excluding hydrogens is 303 g/mol. The summed E-state index contributed by atoms with van der Waals surface area (Å²) in [6.07, 6.45) is -2.70. The summed E-state index contributed by atoms with van der Waals surface area (Å²) < 4.78 is 13.1. The summed E-state index contributed by atoms with van der Waals surface area (Å²) in [5.41, 5.74) is 0. The highest BCUT2D eigenvalue weighted by molar-refractivity contribution is 5.83. The van der Waals surface area contributed by atoms with Gasteiger partial charge in [-0.05, 0) is 18.8 Å². The molecule has 0 aliphatic carbocycles. The third kappa shape index (κ3) is 8.02. The van der Waals surface area contributed by atoms with Crippen LogP contribution < -0.4 is 10.6 Å². The second kappa shape index (κ2) is 9.53. The smallest absolute Gasteiger partial charge is 0.338 e. The number of halogens is 1. The minimum absolute atomic E-state index is 0.0494. The van der Waals surface area contributed by atoms with Crippen LogP contribution in [0.1, 0.15) is 26.2 Å². The van der Waals surface area contributed by atoms with E-state index in [-0.39, 0.29) is 19.4 Å². The number of nitrogens with one attached hydrogen (secondary N) is 2. The fraction of sp³-hybridized carbons (Fsp3) is 0.667. The van der Waals surface area contributed by atoms with Crippen molar-refractivity contribution >= 4 is 23.9 Å². The van der Waals surface area contributed by atoms with Gasteiger partial charge in [0, 0.05) is 13.0 Å². The van der Waals surface area contributed by atoms with Gasteiger partial charge in [-0.3, -0.25) is 4.79 Å². The van der Waals surface area contributed by atoms with E-state index in [2.05, 4.69) is 10.6 Å². The molecule has 0 saturated heterocycles. The minimum Gasteiger partial charge on any atom is -0.481 e. The van der Waals surface area contributed by atoms with Gasteiger partial charge in [-0.1, -0.05) is 6.92 Å². The molecule has 0 radical (unpaired) electrons. The van der Waals surface area contributed by atoms with Crippen LogP contribution in [0.15, 0.2) is 0 Å². The van der Waals surface area contributed by atoms with Crippen LogP contribution in [0.3, 0.4) is 0 Å². The van der Waals surface area contributed by atoms with Crippen LogP contribution in [0.25, 0.3) is 0 Å². The lowest BCUT2D eigenvalue weighted by Crippen LogP contribution is -2.46. The summed E-state index contributed by atoms with van der Waals surface area (Å²) in [4.78, 5) is 43.1. The number of carbonyl (C=O) groups excluding carboxylic acids is 1. The van der Waals surface area contributed by atoms with Crippen molar-refractivity contribution < 1.29 is 38.9 Å². The van der Waals surface area contributed by atoms with E-state index < -0.39 is 48.5 Å². The normalized spacial score (nSPS) is 14.5. The molecule has 2 amide bonds. The molecule has 0 aromatic carbocycles. The average Bonchev–Trinajstić information content (AvgIpc) is 2.41. The Morgan fingerprint density at radius 2 is 1.64 bits per heavy atom. The molecule has 126 valence electrons. The fourth-order valence-corrected chi connectivity index (χ4v) is 1.54. The Bertz CT molecular complexity index is 430. The second-order valence-corrected chi connectivity index (χ2v) is 4.73. The summed E-state index contributed by atoms with van der Waals surface area (Å²) in [5.74, 6) is -4.97. The highest BCUT2D eigenvalue weighted by atomic mass is 19.1. The van der Waals surface area contributed by atoms with Crippen molar-refractivity contribution in [2.75, 3.05) is 6.54 Å². The third-order valence-electron chi connectivity index (χ3n) is 2.87. The molecule has 0 aliphatic heterocycles. The fourth-order valence-electron chi connectivity index (χ4n) is 1.54. The summed E-state index contributed by atoms with van der Waals surface area (Å²) in [5, 5.41) is 30.1. The second-order valence-electron chi connectivity index (χ2n) is 4.73. The molecule has 3 atom stereocenters. The van der Waals surface area contributed by atoms with E-state index in [4.69, 9.17) is 15.3 Å². The summed E-state index contributed by atoms with van der Waals surface area (Å²) >= 11 is 0. The summed E-state index contributed by atoms with van der Waals surface area (Å²) in [6, 6.07) is -2.21. The molecule has 9 nitrogen and oxygen atoms in total. The zero-order valence-corrected chi connectivity index (χ0v) is 11.9. The van der Waals surface area contributed by atoms with E-state index in [1.807, 2.05) is 0 Å². The first-order chi connectivity index (χ1) is 10.1.